The number of hydrogen-bond acceptors (Lipinski definition) is 4. The van der Waals surface area contributed by atoms with Gasteiger partial charge in [0.15, 0.2) is 0 Å². The second kappa shape index (κ2) is 7.92. The molecule has 2 rings (SSSR count). The number of carbonyl (C=O) groups is 1. The molecule has 6 heteroatoms. The first kappa shape index (κ1) is 16.5. The summed E-state index contributed by atoms with van der Waals surface area (Å²) in [4.78, 5) is 12.1. The van der Waals surface area contributed by atoms with E-state index >= 15 is 0 Å². The lowest BCUT2D eigenvalue weighted by atomic mass is 10.2. The van der Waals surface area contributed by atoms with Gasteiger partial charge in [0.2, 0.25) is 5.91 Å². The number of benzene rings is 1. The molecule has 0 bridgehead atoms. The Morgan fingerprint density at radius 3 is 2.86 bits per heavy atom. The number of aryl methyl sites for hydroxylation is 1. The molecular formula is C15H21ClN2O2S. The van der Waals surface area contributed by atoms with E-state index in [2.05, 4.69) is 10.6 Å². The van der Waals surface area contributed by atoms with Gasteiger partial charge in [0.1, 0.15) is 5.75 Å². The molecule has 1 aromatic rings. The van der Waals surface area contributed by atoms with Gasteiger partial charge in [-0.2, -0.15) is 0 Å². The molecule has 2 N–H and O–H groups in total. The van der Waals surface area contributed by atoms with Crippen LogP contribution in [0.2, 0.25) is 5.02 Å². The molecule has 0 saturated carbocycles. The molecule has 0 aliphatic carbocycles. The van der Waals surface area contributed by atoms with Gasteiger partial charge in [0.05, 0.1) is 18.6 Å². The maximum Gasteiger partial charge on any atom is 0.234 e. The van der Waals surface area contributed by atoms with Crippen LogP contribution in [-0.4, -0.2) is 37.1 Å². The van der Waals surface area contributed by atoms with Crippen molar-refractivity contribution < 1.29 is 9.53 Å². The second-order valence-corrected chi connectivity index (χ2v) is 6.81. The Balaban J connectivity index is 1.91. The normalized spacial score (nSPS) is 15.8. The van der Waals surface area contributed by atoms with Crippen molar-refractivity contribution in [3.8, 4) is 5.75 Å². The van der Waals surface area contributed by atoms with Gasteiger partial charge >= 0.3 is 0 Å². The smallest absolute Gasteiger partial charge is 0.234 e. The van der Waals surface area contributed by atoms with Crippen LogP contribution in [0.4, 0.5) is 5.69 Å². The van der Waals surface area contributed by atoms with Gasteiger partial charge in [-0.15, -0.1) is 11.8 Å². The highest BCUT2D eigenvalue weighted by Crippen LogP contribution is 2.31. The molecule has 21 heavy (non-hydrogen) atoms. The van der Waals surface area contributed by atoms with E-state index in [4.69, 9.17) is 16.3 Å². The van der Waals surface area contributed by atoms with Crippen LogP contribution in [0, 0.1) is 6.92 Å². The fourth-order valence-electron chi connectivity index (χ4n) is 2.27. The Labute approximate surface area is 135 Å². The van der Waals surface area contributed by atoms with E-state index in [9.17, 15) is 4.79 Å². The summed E-state index contributed by atoms with van der Waals surface area (Å²) in [5.41, 5.74) is 1.59. The second-order valence-electron chi connectivity index (χ2n) is 5.11. The molecule has 1 aliphatic rings. The van der Waals surface area contributed by atoms with Gasteiger partial charge < -0.3 is 15.4 Å². The highest BCUT2D eigenvalue weighted by atomic mass is 35.5. The number of ether oxygens (including phenoxy) is 1. The zero-order valence-electron chi connectivity index (χ0n) is 12.4. The standard InChI is InChI=1S/C15H21ClN2O2S/c1-10-7-13(14(20-2)8-12(10)16)18-15(19)9-21-11-3-5-17-6-4-11/h7-8,11,17H,3-6,9H2,1-2H3,(H,18,19). The maximum absolute atomic E-state index is 12.1. The summed E-state index contributed by atoms with van der Waals surface area (Å²) in [7, 11) is 1.57. The lowest BCUT2D eigenvalue weighted by Crippen LogP contribution is -2.30. The molecule has 1 amide bonds. The number of nitrogens with one attached hydrogen (secondary N) is 2. The molecule has 0 spiro atoms. The van der Waals surface area contributed by atoms with Crippen LogP contribution in [-0.2, 0) is 4.79 Å². The monoisotopic (exact) mass is 328 g/mol. The summed E-state index contributed by atoms with van der Waals surface area (Å²) < 4.78 is 5.26. The van der Waals surface area contributed by atoms with E-state index in [0.717, 1.165) is 31.5 Å². The fraction of sp³-hybridized carbons (Fsp3) is 0.533. The van der Waals surface area contributed by atoms with Crippen LogP contribution in [0.3, 0.4) is 0 Å². The minimum absolute atomic E-state index is 0.00134. The number of rotatable bonds is 5. The summed E-state index contributed by atoms with van der Waals surface area (Å²) >= 11 is 7.79. The summed E-state index contributed by atoms with van der Waals surface area (Å²) in [6.07, 6.45) is 2.25. The zero-order valence-corrected chi connectivity index (χ0v) is 13.9. The lowest BCUT2D eigenvalue weighted by Gasteiger charge is -2.21. The van der Waals surface area contributed by atoms with Crippen molar-refractivity contribution in [1.29, 1.82) is 0 Å². The highest BCUT2D eigenvalue weighted by Gasteiger charge is 2.16. The largest absolute Gasteiger partial charge is 0.495 e. The van der Waals surface area contributed by atoms with Crippen molar-refractivity contribution in [2.24, 2.45) is 0 Å². The Bertz CT molecular complexity index is 505. The first-order valence-corrected chi connectivity index (χ1v) is 8.49. The van der Waals surface area contributed by atoms with E-state index in [0.29, 0.717) is 27.5 Å². The quantitative estimate of drug-likeness (QED) is 0.872. The first-order valence-electron chi connectivity index (χ1n) is 7.06. The van der Waals surface area contributed by atoms with Crippen LogP contribution in [0.15, 0.2) is 12.1 Å². The molecule has 0 unspecified atom stereocenters. The van der Waals surface area contributed by atoms with Crippen molar-refractivity contribution in [2.45, 2.75) is 25.0 Å². The topological polar surface area (TPSA) is 50.4 Å². The summed E-state index contributed by atoms with van der Waals surface area (Å²) in [5.74, 6) is 1.06. The van der Waals surface area contributed by atoms with Crippen molar-refractivity contribution in [3.63, 3.8) is 0 Å². The van der Waals surface area contributed by atoms with Gasteiger partial charge in [0, 0.05) is 16.3 Å². The van der Waals surface area contributed by atoms with E-state index in [1.165, 1.54) is 0 Å². The molecule has 116 valence electrons. The third kappa shape index (κ3) is 4.80. The predicted molar refractivity (Wildman–Crippen MR) is 89.7 cm³/mol. The molecule has 1 saturated heterocycles. The number of piperidine rings is 1. The molecule has 0 atom stereocenters. The third-order valence-electron chi connectivity index (χ3n) is 3.49. The number of amides is 1. The SMILES string of the molecule is COc1cc(Cl)c(C)cc1NC(=O)CSC1CCNCC1. The Morgan fingerprint density at radius 1 is 1.48 bits per heavy atom. The molecule has 1 fully saturated rings. The number of methoxy groups -OCH3 is 1. The Kier molecular flexibility index (Phi) is 6.21. The van der Waals surface area contributed by atoms with E-state index in [1.807, 2.05) is 13.0 Å². The van der Waals surface area contributed by atoms with Gasteiger partial charge in [0.25, 0.3) is 0 Å². The molecule has 0 radical (unpaired) electrons. The average molecular weight is 329 g/mol. The van der Waals surface area contributed by atoms with Crippen LogP contribution >= 0.6 is 23.4 Å². The van der Waals surface area contributed by atoms with Crippen molar-refractivity contribution in [1.82, 2.24) is 5.32 Å². The first-order chi connectivity index (χ1) is 10.1. The summed E-state index contributed by atoms with van der Waals surface area (Å²) in [6, 6.07) is 3.57. The molecule has 0 aromatic heterocycles. The highest BCUT2D eigenvalue weighted by molar-refractivity contribution is 8.00. The van der Waals surface area contributed by atoms with Crippen molar-refractivity contribution >= 4 is 35.0 Å². The number of thioether (sulfide) groups is 1. The van der Waals surface area contributed by atoms with Gasteiger partial charge in [-0.25, -0.2) is 0 Å². The van der Waals surface area contributed by atoms with E-state index in [-0.39, 0.29) is 5.91 Å². The molecular weight excluding hydrogens is 308 g/mol. The average Bonchev–Trinajstić information content (AvgIpc) is 2.49. The van der Waals surface area contributed by atoms with Gasteiger partial charge in [-0.1, -0.05) is 11.6 Å². The van der Waals surface area contributed by atoms with Crippen LogP contribution < -0.4 is 15.4 Å². The molecule has 1 heterocycles. The Hall–Kier alpha value is -0.910. The third-order valence-corrected chi connectivity index (χ3v) is 5.27. The van der Waals surface area contributed by atoms with Crippen LogP contribution in [0.1, 0.15) is 18.4 Å². The van der Waals surface area contributed by atoms with Crippen molar-refractivity contribution in [3.05, 3.63) is 22.7 Å². The van der Waals surface area contributed by atoms with E-state index < -0.39 is 0 Å². The van der Waals surface area contributed by atoms with Crippen LogP contribution in [0.5, 0.6) is 5.75 Å². The molecule has 4 nitrogen and oxygen atoms in total. The summed E-state index contributed by atoms with van der Waals surface area (Å²) in [6.45, 7) is 3.99. The number of hydrogen-bond donors (Lipinski definition) is 2. The number of halogens is 1. The summed E-state index contributed by atoms with van der Waals surface area (Å²) in [5, 5.41) is 7.44. The lowest BCUT2D eigenvalue weighted by molar-refractivity contribution is -0.113. The van der Waals surface area contributed by atoms with Gasteiger partial charge in [-0.3, -0.25) is 4.79 Å². The minimum atomic E-state index is -0.00134. The fourth-order valence-corrected chi connectivity index (χ4v) is 3.45. The predicted octanol–water partition coefficient (Wildman–Crippen LogP) is 3.08. The van der Waals surface area contributed by atoms with Gasteiger partial charge in [-0.05, 0) is 44.5 Å². The van der Waals surface area contributed by atoms with E-state index in [1.54, 1.807) is 24.9 Å². The minimum Gasteiger partial charge on any atom is -0.495 e. The molecule has 1 aliphatic heterocycles. The number of anilines is 1. The van der Waals surface area contributed by atoms with Crippen LogP contribution in [0.25, 0.3) is 0 Å². The molecule has 1 aromatic carbocycles. The number of carbonyl (C=O) groups excluding carboxylic acids is 1. The zero-order chi connectivity index (χ0) is 15.2. The van der Waals surface area contributed by atoms with Crippen molar-refractivity contribution in [2.75, 3.05) is 31.3 Å². The maximum atomic E-state index is 12.1. The Morgan fingerprint density at radius 2 is 2.19 bits per heavy atom.